The molecule has 0 spiro atoms. The van der Waals surface area contributed by atoms with Crippen molar-refractivity contribution in [3.8, 4) is 22.8 Å². The number of ketones is 1. The first-order valence-corrected chi connectivity index (χ1v) is 10.4. The summed E-state index contributed by atoms with van der Waals surface area (Å²) in [6, 6.07) is 10.3. The van der Waals surface area contributed by atoms with Crippen molar-refractivity contribution in [1.29, 1.82) is 0 Å². The molecule has 9 nitrogen and oxygen atoms in total. The molecule has 0 N–H and O–H groups in total. The monoisotopic (exact) mass is 434 g/mol. The van der Waals surface area contributed by atoms with Crippen LogP contribution in [-0.4, -0.2) is 59.3 Å². The molecule has 32 heavy (non-hydrogen) atoms. The predicted molar refractivity (Wildman–Crippen MR) is 116 cm³/mol. The van der Waals surface area contributed by atoms with Crippen molar-refractivity contribution < 1.29 is 19.0 Å². The van der Waals surface area contributed by atoms with E-state index in [2.05, 4.69) is 4.98 Å². The Morgan fingerprint density at radius 3 is 2.62 bits per heavy atom. The Hall–Kier alpha value is -3.72. The lowest BCUT2D eigenvalue weighted by Gasteiger charge is -2.33. The van der Waals surface area contributed by atoms with E-state index in [1.165, 1.54) is 10.6 Å². The topological polar surface area (TPSA) is 95.8 Å². The third-order valence-corrected chi connectivity index (χ3v) is 5.56. The minimum absolute atomic E-state index is 0.151. The maximum Gasteiger partial charge on any atom is 0.255 e. The first-order valence-electron chi connectivity index (χ1n) is 10.4. The van der Waals surface area contributed by atoms with Crippen LogP contribution >= 0.6 is 0 Å². The largest absolute Gasteiger partial charge is 0.486 e. The molecule has 0 saturated carbocycles. The second-order valence-electron chi connectivity index (χ2n) is 7.60. The number of rotatable bonds is 4. The molecule has 5 rings (SSSR count). The van der Waals surface area contributed by atoms with Crippen molar-refractivity contribution >= 4 is 11.7 Å². The van der Waals surface area contributed by atoms with Crippen LogP contribution in [0.1, 0.15) is 10.4 Å². The van der Waals surface area contributed by atoms with Crippen molar-refractivity contribution in [2.24, 2.45) is 7.05 Å². The number of Topliss-reactive ketones (excluding diaryl/α,β-unsaturated/α-hetero) is 1. The number of fused-ring (bicyclic) bond motifs is 1. The van der Waals surface area contributed by atoms with E-state index in [1.807, 2.05) is 4.90 Å². The van der Waals surface area contributed by atoms with Gasteiger partial charge in [0.2, 0.25) is 5.95 Å². The average Bonchev–Trinajstić information content (AvgIpc) is 2.85. The van der Waals surface area contributed by atoms with Gasteiger partial charge in [0, 0.05) is 43.2 Å². The van der Waals surface area contributed by atoms with Crippen molar-refractivity contribution in [3.63, 3.8) is 0 Å². The number of ether oxygens (including phenoxy) is 3. The fourth-order valence-electron chi connectivity index (χ4n) is 3.85. The first-order chi connectivity index (χ1) is 15.6. The predicted octanol–water partition coefficient (Wildman–Crippen LogP) is 1.70. The van der Waals surface area contributed by atoms with Crippen molar-refractivity contribution in [1.82, 2.24) is 14.5 Å². The molecule has 1 fully saturated rings. The quantitative estimate of drug-likeness (QED) is 0.573. The van der Waals surface area contributed by atoms with Crippen LogP contribution in [0.4, 0.5) is 5.95 Å². The van der Waals surface area contributed by atoms with Gasteiger partial charge >= 0.3 is 0 Å². The number of anilines is 1. The summed E-state index contributed by atoms with van der Waals surface area (Å²) in [7, 11) is 1.67. The van der Waals surface area contributed by atoms with Crippen molar-refractivity contribution in [2.45, 2.75) is 6.10 Å². The molecule has 1 unspecified atom stereocenters. The smallest absolute Gasteiger partial charge is 0.255 e. The van der Waals surface area contributed by atoms with Crippen molar-refractivity contribution in [2.75, 3.05) is 37.8 Å². The van der Waals surface area contributed by atoms with Crippen LogP contribution in [0.25, 0.3) is 11.3 Å². The average molecular weight is 434 g/mol. The zero-order valence-electron chi connectivity index (χ0n) is 17.6. The van der Waals surface area contributed by atoms with Crippen LogP contribution in [-0.2, 0) is 11.8 Å². The Bertz CT molecular complexity index is 1210. The second-order valence-corrected chi connectivity index (χ2v) is 7.60. The molecule has 1 saturated heterocycles. The Labute approximate surface area is 184 Å². The lowest BCUT2D eigenvalue weighted by Crippen LogP contribution is -2.48. The summed E-state index contributed by atoms with van der Waals surface area (Å²) >= 11 is 0. The third-order valence-electron chi connectivity index (χ3n) is 5.56. The van der Waals surface area contributed by atoms with E-state index in [9.17, 15) is 9.59 Å². The fraction of sp³-hybridized carbons (Fsp3) is 0.304. The summed E-state index contributed by atoms with van der Waals surface area (Å²) in [5.41, 5.74) is 1.68. The number of hydrogen-bond donors (Lipinski definition) is 0. The number of benzene rings is 1. The summed E-state index contributed by atoms with van der Waals surface area (Å²) < 4.78 is 18.4. The van der Waals surface area contributed by atoms with Crippen LogP contribution < -0.4 is 19.9 Å². The highest BCUT2D eigenvalue weighted by Crippen LogP contribution is 2.31. The standard InChI is InChI=1S/C23H22N4O5/c1-26-21(28)13-17(15-4-6-24-7-5-15)25-23(26)27-8-9-30-20(14-27)22(29)16-2-3-18-19(12-16)32-11-10-31-18/h2-7,12-13,20H,8-11,14H2,1H3. The number of carbonyl (C=O) groups is 1. The van der Waals surface area contributed by atoms with E-state index in [0.29, 0.717) is 55.1 Å². The van der Waals surface area contributed by atoms with E-state index in [0.717, 1.165) is 5.56 Å². The van der Waals surface area contributed by atoms with Gasteiger partial charge in [-0.1, -0.05) is 0 Å². The minimum Gasteiger partial charge on any atom is -0.486 e. The highest BCUT2D eigenvalue weighted by atomic mass is 16.6. The molecule has 0 amide bonds. The highest BCUT2D eigenvalue weighted by molar-refractivity contribution is 6.00. The lowest BCUT2D eigenvalue weighted by molar-refractivity contribution is 0.0336. The maximum absolute atomic E-state index is 13.2. The molecule has 1 atom stereocenters. The molecule has 4 heterocycles. The summed E-state index contributed by atoms with van der Waals surface area (Å²) in [5, 5.41) is 0. The third kappa shape index (κ3) is 3.82. The van der Waals surface area contributed by atoms with Gasteiger partial charge in [0.1, 0.15) is 19.3 Å². The van der Waals surface area contributed by atoms with Gasteiger partial charge in [0.05, 0.1) is 18.8 Å². The number of nitrogens with zero attached hydrogens (tertiary/aromatic N) is 4. The molecule has 2 aliphatic rings. The molecule has 2 aliphatic heterocycles. The second kappa shape index (κ2) is 8.43. The van der Waals surface area contributed by atoms with Crippen LogP contribution in [0.5, 0.6) is 11.5 Å². The van der Waals surface area contributed by atoms with Gasteiger partial charge in [-0.2, -0.15) is 0 Å². The number of carbonyl (C=O) groups excluding carboxylic acids is 1. The van der Waals surface area contributed by atoms with Crippen molar-refractivity contribution in [3.05, 3.63) is 64.7 Å². The molecule has 1 aromatic carbocycles. The molecular formula is C23H22N4O5. The van der Waals surface area contributed by atoms with E-state index in [1.54, 1.807) is 49.8 Å². The maximum atomic E-state index is 13.2. The molecule has 3 aromatic rings. The lowest BCUT2D eigenvalue weighted by atomic mass is 10.0. The van der Waals surface area contributed by atoms with Gasteiger partial charge in [-0.05, 0) is 30.3 Å². The van der Waals surface area contributed by atoms with Crippen LogP contribution in [0, 0.1) is 0 Å². The molecule has 164 valence electrons. The Morgan fingerprint density at radius 1 is 1.03 bits per heavy atom. The van der Waals surface area contributed by atoms with E-state index >= 15 is 0 Å². The van der Waals surface area contributed by atoms with Gasteiger partial charge in [-0.3, -0.25) is 19.1 Å². The summed E-state index contributed by atoms with van der Waals surface area (Å²) in [6.45, 7) is 2.09. The minimum atomic E-state index is -0.687. The van der Waals surface area contributed by atoms with Crippen LogP contribution in [0.3, 0.4) is 0 Å². The zero-order valence-corrected chi connectivity index (χ0v) is 17.6. The molecule has 2 aromatic heterocycles. The van der Waals surface area contributed by atoms with Crippen LogP contribution in [0.15, 0.2) is 53.6 Å². The number of hydrogen-bond acceptors (Lipinski definition) is 8. The summed E-state index contributed by atoms with van der Waals surface area (Å²) in [5.74, 6) is 1.53. The van der Waals surface area contributed by atoms with Crippen LogP contribution in [0.2, 0.25) is 0 Å². The number of morpholine rings is 1. The number of pyridine rings is 1. The highest BCUT2D eigenvalue weighted by Gasteiger charge is 2.30. The van der Waals surface area contributed by atoms with Gasteiger partial charge in [-0.25, -0.2) is 4.98 Å². The Morgan fingerprint density at radius 2 is 1.81 bits per heavy atom. The van der Waals surface area contributed by atoms with Gasteiger partial charge in [0.25, 0.3) is 5.56 Å². The summed E-state index contributed by atoms with van der Waals surface area (Å²) in [6.07, 6.45) is 2.63. The zero-order chi connectivity index (χ0) is 22.1. The van der Waals surface area contributed by atoms with Gasteiger partial charge in [-0.15, -0.1) is 0 Å². The number of aromatic nitrogens is 3. The Balaban J connectivity index is 1.41. The molecule has 0 aliphatic carbocycles. The van der Waals surface area contributed by atoms with Gasteiger partial charge in [0.15, 0.2) is 17.3 Å². The van der Waals surface area contributed by atoms with Gasteiger partial charge < -0.3 is 19.1 Å². The van der Waals surface area contributed by atoms with E-state index < -0.39 is 6.10 Å². The molecule has 0 radical (unpaired) electrons. The normalized spacial score (nSPS) is 17.8. The first kappa shape index (κ1) is 20.2. The van der Waals surface area contributed by atoms with E-state index in [-0.39, 0.29) is 17.9 Å². The molecule has 9 heteroatoms. The van der Waals surface area contributed by atoms with E-state index in [4.69, 9.17) is 19.2 Å². The molecular weight excluding hydrogens is 412 g/mol. The molecule has 0 bridgehead atoms. The Kier molecular flexibility index (Phi) is 5.32. The SMILES string of the molecule is Cn1c(N2CCOC(C(=O)c3ccc4c(c3)OCCO4)C2)nc(-c2ccncc2)cc1=O. The summed E-state index contributed by atoms with van der Waals surface area (Å²) in [4.78, 5) is 36.4. The fourth-order valence-corrected chi connectivity index (χ4v) is 3.85.